The van der Waals surface area contributed by atoms with E-state index in [0.29, 0.717) is 13.0 Å². The maximum absolute atomic E-state index is 13.2. The maximum atomic E-state index is 13.2. The zero-order chi connectivity index (χ0) is 25.2. The molecule has 186 valence electrons. The van der Waals surface area contributed by atoms with Gasteiger partial charge in [0.1, 0.15) is 6.61 Å². The van der Waals surface area contributed by atoms with Crippen molar-refractivity contribution in [1.82, 2.24) is 10.2 Å². The molecule has 1 aliphatic heterocycles. The molecule has 2 aromatic rings. The van der Waals surface area contributed by atoms with Crippen LogP contribution in [0.4, 0.5) is 0 Å². The van der Waals surface area contributed by atoms with Crippen LogP contribution in [0, 0.1) is 5.92 Å². The van der Waals surface area contributed by atoms with Crippen LogP contribution < -0.4 is 5.32 Å². The molecule has 0 unspecified atom stereocenters. The van der Waals surface area contributed by atoms with Crippen molar-refractivity contribution in [3.63, 3.8) is 0 Å². The van der Waals surface area contributed by atoms with Gasteiger partial charge in [0.25, 0.3) is 0 Å². The number of carbonyl (C=O) groups is 3. The average Bonchev–Trinajstić information content (AvgIpc) is 2.89. The fraction of sp³-hybridized carbons (Fsp3) is 0.370. The van der Waals surface area contributed by atoms with Crippen LogP contribution in [0.15, 0.2) is 67.3 Å². The number of aliphatic hydroxyl groups is 2. The molecule has 0 aromatic heterocycles. The number of fused-ring (bicyclic) bond motifs is 1. The van der Waals surface area contributed by atoms with E-state index >= 15 is 0 Å². The number of nitrogens with one attached hydrogen (secondary N) is 1. The van der Waals surface area contributed by atoms with Crippen LogP contribution in [0.2, 0.25) is 0 Å². The Morgan fingerprint density at radius 2 is 1.77 bits per heavy atom. The van der Waals surface area contributed by atoms with Gasteiger partial charge in [-0.1, -0.05) is 60.7 Å². The number of esters is 1. The first-order chi connectivity index (χ1) is 17.0. The molecule has 8 nitrogen and oxygen atoms in total. The van der Waals surface area contributed by atoms with E-state index in [1.54, 1.807) is 17.0 Å². The van der Waals surface area contributed by atoms with Crippen molar-refractivity contribution in [2.75, 3.05) is 13.2 Å². The van der Waals surface area contributed by atoms with Crippen molar-refractivity contribution in [3.8, 4) is 0 Å². The molecule has 8 heteroatoms. The standard InChI is InChI=1S/C27H32N2O6/c1-2-8-21(14-25(32)29-15-22-12-7-6-11-20(22)13-23(29)16-30)26(33)28-24(17-31)27(34)35-18-19-9-4-3-5-10-19/h2-7,9-12,21,23-24,30-31H,1,8,13-18H2,(H,28,33)/t21-,23+,24-/m1/s1. The fourth-order valence-electron chi connectivity index (χ4n) is 4.15. The molecule has 1 aliphatic rings. The summed E-state index contributed by atoms with van der Waals surface area (Å²) in [4.78, 5) is 40.1. The zero-order valence-corrected chi connectivity index (χ0v) is 19.6. The lowest BCUT2D eigenvalue weighted by Crippen LogP contribution is -2.49. The monoisotopic (exact) mass is 480 g/mol. The van der Waals surface area contributed by atoms with Gasteiger partial charge in [-0.25, -0.2) is 4.79 Å². The molecule has 0 spiro atoms. The first-order valence-electron chi connectivity index (χ1n) is 11.7. The van der Waals surface area contributed by atoms with E-state index in [1.807, 2.05) is 42.5 Å². The summed E-state index contributed by atoms with van der Waals surface area (Å²) < 4.78 is 5.22. The summed E-state index contributed by atoms with van der Waals surface area (Å²) in [6, 6.07) is 15.2. The lowest BCUT2D eigenvalue weighted by molar-refractivity contribution is -0.151. The maximum Gasteiger partial charge on any atom is 0.331 e. The summed E-state index contributed by atoms with van der Waals surface area (Å²) in [5.74, 6) is -2.37. The SMILES string of the molecule is C=CC[C@H](CC(=O)N1Cc2ccccc2C[C@H]1CO)C(=O)N[C@H](CO)C(=O)OCc1ccccc1. The number of nitrogens with zero attached hydrogens (tertiary/aromatic N) is 1. The van der Waals surface area contributed by atoms with Gasteiger partial charge in [-0.3, -0.25) is 9.59 Å². The predicted octanol–water partition coefficient (Wildman–Crippen LogP) is 1.74. The van der Waals surface area contributed by atoms with Gasteiger partial charge >= 0.3 is 5.97 Å². The van der Waals surface area contributed by atoms with E-state index in [9.17, 15) is 24.6 Å². The molecule has 2 amide bonds. The van der Waals surface area contributed by atoms with Crippen LogP contribution in [0.5, 0.6) is 0 Å². The second kappa shape index (κ2) is 12.8. The van der Waals surface area contributed by atoms with Crippen molar-refractivity contribution in [2.24, 2.45) is 5.92 Å². The minimum atomic E-state index is -1.25. The lowest BCUT2D eigenvalue weighted by atomic mass is 9.92. The van der Waals surface area contributed by atoms with Crippen LogP contribution in [0.1, 0.15) is 29.5 Å². The van der Waals surface area contributed by atoms with Crippen molar-refractivity contribution < 1.29 is 29.3 Å². The van der Waals surface area contributed by atoms with E-state index in [1.165, 1.54) is 6.08 Å². The molecule has 2 aromatic carbocycles. The van der Waals surface area contributed by atoms with Gasteiger partial charge in [0.05, 0.1) is 25.2 Å². The summed E-state index contributed by atoms with van der Waals surface area (Å²) in [5.41, 5.74) is 2.88. The number of amides is 2. The Kier molecular flexibility index (Phi) is 9.57. The number of aliphatic hydroxyl groups excluding tert-OH is 2. The largest absolute Gasteiger partial charge is 0.459 e. The smallest absolute Gasteiger partial charge is 0.331 e. The summed E-state index contributed by atoms with van der Waals surface area (Å²) in [5, 5.41) is 22.0. The Morgan fingerprint density at radius 3 is 2.43 bits per heavy atom. The Balaban J connectivity index is 1.62. The second-order valence-corrected chi connectivity index (χ2v) is 8.59. The Labute approximate surface area is 205 Å². The fourth-order valence-corrected chi connectivity index (χ4v) is 4.15. The highest BCUT2D eigenvalue weighted by Gasteiger charge is 2.33. The molecule has 0 bridgehead atoms. The van der Waals surface area contributed by atoms with Gasteiger partial charge in [-0.05, 0) is 29.5 Å². The number of hydrogen-bond donors (Lipinski definition) is 3. The molecule has 0 fully saturated rings. The number of allylic oxidation sites excluding steroid dienone is 1. The van der Waals surface area contributed by atoms with Gasteiger partial charge < -0.3 is 25.2 Å². The first kappa shape index (κ1) is 26.1. The third kappa shape index (κ3) is 7.00. The van der Waals surface area contributed by atoms with Crippen LogP contribution >= 0.6 is 0 Å². The Bertz CT molecular complexity index is 1030. The molecule has 0 radical (unpaired) electrons. The van der Waals surface area contributed by atoms with Gasteiger partial charge in [-0.15, -0.1) is 6.58 Å². The molecule has 3 rings (SSSR count). The molecule has 1 heterocycles. The number of rotatable bonds is 11. The van der Waals surface area contributed by atoms with Crippen molar-refractivity contribution in [3.05, 3.63) is 83.9 Å². The molecule has 35 heavy (non-hydrogen) atoms. The highest BCUT2D eigenvalue weighted by atomic mass is 16.5. The minimum absolute atomic E-state index is 0.0135. The molecule has 3 N–H and O–H groups in total. The molecule has 0 saturated heterocycles. The molecule has 0 aliphatic carbocycles. The van der Waals surface area contributed by atoms with Gasteiger partial charge in [-0.2, -0.15) is 0 Å². The van der Waals surface area contributed by atoms with Crippen molar-refractivity contribution >= 4 is 17.8 Å². The normalized spacial score (nSPS) is 16.5. The second-order valence-electron chi connectivity index (χ2n) is 8.59. The van der Waals surface area contributed by atoms with E-state index < -0.39 is 30.4 Å². The van der Waals surface area contributed by atoms with Crippen LogP contribution in [0.3, 0.4) is 0 Å². The predicted molar refractivity (Wildman–Crippen MR) is 130 cm³/mol. The summed E-state index contributed by atoms with van der Waals surface area (Å²) >= 11 is 0. The van der Waals surface area contributed by atoms with E-state index in [0.717, 1.165) is 16.7 Å². The van der Waals surface area contributed by atoms with Crippen LogP contribution in [-0.2, 0) is 38.7 Å². The average molecular weight is 481 g/mol. The molecule has 3 atom stereocenters. The minimum Gasteiger partial charge on any atom is -0.459 e. The Morgan fingerprint density at radius 1 is 1.09 bits per heavy atom. The summed E-state index contributed by atoms with van der Waals surface area (Å²) in [6.07, 6.45) is 2.17. The first-order valence-corrected chi connectivity index (χ1v) is 11.7. The zero-order valence-electron chi connectivity index (χ0n) is 19.6. The number of carbonyl (C=O) groups excluding carboxylic acids is 3. The highest BCUT2D eigenvalue weighted by Crippen LogP contribution is 2.25. The van der Waals surface area contributed by atoms with Crippen molar-refractivity contribution in [2.45, 2.75) is 44.5 Å². The Hall–Kier alpha value is -3.49. The van der Waals surface area contributed by atoms with Gasteiger partial charge in [0.15, 0.2) is 6.04 Å². The number of ether oxygens (including phenoxy) is 1. The number of hydrogen-bond acceptors (Lipinski definition) is 6. The van der Waals surface area contributed by atoms with Crippen LogP contribution in [-0.4, -0.2) is 58.2 Å². The van der Waals surface area contributed by atoms with E-state index in [-0.39, 0.29) is 38.0 Å². The topological polar surface area (TPSA) is 116 Å². The third-order valence-electron chi connectivity index (χ3n) is 6.14. The summed E-state index contributed by atoms with van der Waals surface area (Å²) in [7, 11) is 0. The van der Waals surface area contributed by atoms with E-state index in [4.69, 9.17) is 4.74 Å². The quantitative estimate of drug-likeness (QED) is 0.333. The van der Waals surface area contributed by atoms with Crippen molar-refractivity contribution in [1.29, 1.82) is 0 Å². The van der Waals surface area contributed by atoms with Crippen LogP contribution in [0.25, 0.3) is 0 Å². The number of benzene rings is 2. The third-order valence-corrected chi connectivity index (χ3v) is 6.14. The van der Waals surface area contributed by atoms with Gasteiger partial charge in [0, 0.05) is 13.0 Å². The molecular weight excluding hydrogens is 448 g/mol. The summed E-state index contributed by atoms with van der Waals surface area (Å²) in [6.45, 7) is 3.23. The highest BCUT2D eigenvalue weighted by molar-refractivity contribution is 5.89. The molecule has 0 saturated carbocycles. The van der Waals surface area contributed by atoms with Gasteiger partial charge in [0.2, 0.25) is 11.8 Å². The van der Waals surface area contributed by atoms with E-state index in [2.05, 4.69) is 11.9 Å². The molecular formula is C27H32N2O6. The lowest BCUT2D eigenvalue weighted by Gasteiger charge is -2.36.